The summed E-state index contributed by atoms with van der Waals surface area (Å²) in [6.45, 7) is 7.36. The highest BCUT2D eigenvalue weighted by Crippen LogP contribution is 2.24. The van der Waals surface area contributed by atoms with Gasteiger partial charge in [-0.2, -0.15) is 0 Å². The van der Waals surface area contributed by atoms with Gasteiger partial charge in [-0.05, 0) is 69.2 Å². The van der Waals surface area contributed by atoms with Crippen molar-refractivity contribution in [1.29, 1.82) is 0 Å². The summed E-state index contributed by atoms with van der Waals surface area (Å²) >= 11 is 0. The predicted molar refractivity (Wildman–Crippen MR) is 121 cm³/mol. The number of rotatable bonds is 5. The number of ether oxygens (including phenoxy) is 2. The first-order valence-electron chi connectivity index (χ1n) is 10.8. The molecule has 0 radical (unpaired) electrons. The maximum atomic E-state index is 12.2. The molecule has 0 spiro atoms. The molecule has 0 bridgehead atoms. The molecule has 1 saturated heterocycles. The molecule has 0 unspecified atom stereocenters. The number of nitrogens with one attached hydrogen (secondary N) is 1. The van der Waals surface area contributed by atoms with Crippen molar-refractivity contribution in [2.75, 3.05) is 18.4 Å². The second-order valence-electron chi connectivity index (χ2n) is 9.00. The molecule has 0 aromatic heterocycles. The Labute approximate surface area is 184 Å². The number of carbonyl (C=O) groups is 2. The molecule has 1 aliphatic heterocycles. The summed E-state index contributed by atoms with van der Waals surface area (Å²) in [5.41, 5.74) is 2.42. The molecule has 6 nitrogen and oxygen atoms in total. The minimum absolute atomic E-state index is 0.222. The Morgan fingerprint density at radius 2 is 1.61 bits per heavy atom. The topological polar surface area (TPSA) is 67.9 Å². The number of piperidine rings is 1. The first kappa shape index (κ1) is 22.7. The van der Waals surface area contributed by atoms with Gasteiger partial charge in [-0.15, -0.1) is 0 Å². The molecule has 2 aromatic rings. The quantitative estimate of drug-likeness (QED) is 0.676. The number of nitrogens with zero attached hydrogens (tertiary/aromatic N) is 1. The van der Waals surface area contributed by atoms with Crippen LogP contribution < -0.4 is 5.32 Å². The summed E-state index contributed by atoms with van der Waals surface area (Å²) in [4.78, 5) is 26.0. The summed E-state index contributed by atoms with van der Waals surface area (Å²) in [5, 5.41) is 2.76. The van der Waals surface area contributed by atoms with E-state index in [1.54, 1.807) is 4.90 Å². The Morgan fingerprint density at radius 3 is 2.23 bits per heavy atom. The van der Waals surface area contributed by atoms with E-state index < -0.39 is 11.7 Å². The van der Waals surface area contributed by atoms with Gasteiger partial charge >= 0.3 is 12.2 Å². The van der Waals surface area contributed by atoms with Gasteiger partial charge in [-0.1, -0.05) is 42.5 Å². The standard InChI is InChI=1S/C25H32N2O4/c1-25(2,3)31-24(29)27-15-13-20(14-16-27)17-19-9-11-22(12-10-19)26-23(28)30-18-21-7-5-4-6-8-21/h4-12,20H,13-18H2,1-3H3,(H,26,28). The zero-order valence-corrected chi connectivity index (χ0v) is 18.6. The van der Waals surface area contributed by atoms with Crippen molar-refractivity contribution in [3.8, 4) is 0 Å². The molecular formula is C25H32N2O4. The summed E-state index contributed by atoms with van der Waals surface area (Å²) in [6, 6.07) is 17.5. The monoisotopic (exact) mass is 424 g/mol. The third kappa shape index (κ3) is 7.63. The molecule has 31 heavy (non-hydrogen) atoms. The van der Waals surface area contributed by atoms with Crippen LogP contribution in [-0.4, -0.2) is 35.8 Å². The highest BCUT2D eigenvalue weighted by molar-refractivity contribution is 5.84. The lowest BCUT2D eigenvalue weighted by atomic mass is 9.90. The molecule has 2 aromatic carbocycles. The van der Waals surface area contributed by atoms with Crippen LogP contribution in [0.25, 0.3) is 0 Å². The van der Waals surface area contributed by atoms with Crippen molar-refractivity contribution in [1.82, 2.24) is 4.90 Å². The number of carbonyl (C=O) groups excluding carboxylic acids is 2. The summed E-state index contributed by atoms with van der Waals surface area (Å²) in [5.74, 6) is 0.535. The largest absolute Gasteiger partial charge is 0.444 e. The SMILES string of the molecule is CC(C)(C)OC(=O)N1CCC(Cc2ccc(NC(=O)OCc3ccccc3)cc2)CC1. The van der Waals surface area contributed by atoms with Gasteiger partial charge in [-0.3, -0.25) is 5.32 Å². The average Bonchev–Trinajstić information content (AvgIpc) is 2.74. The Balaban J connectivity index is 1.40. The van der Waals surface area contributed by atoms with Gasteiger partial charge in [-0.25, -0.2) is 9.59 Å². The van der Waals surface area contributed by atoms with Crippen molar-refractivity contribution < 1.29 is 19.1 Å². The van der Waals surface area contributed by atoms with E-state index in [0.29, 0.717) is 11.6 Å². The van der Waals surface area contributed by atoms with E-state index in [9.17, 15) is 9.59 Å². The van der Waals surface area contributed by atoms with Gasteiger partial charge in [0.15, 0.2) is 0 Å². The number of likely N-dealkylation sites (tertiary alicyclic amines) is 1. The van der Waals surface area contributed by atoms with E-state index in [2.05, 4.69) is 5.32 Å². The van der Waals surface area contributed by atoms with Crippen LogP contribution in [0.1, 0.15) is 44.7 Å². The van der Waals surface area contributed by atoms with Crippen molar-refractivity contribution in [2.24, 2.45) is 5.92 Å². The fourth-order valence-corrected chi connectivity index (χ4v) is 3.58. The minimum atomic E-state index is -0.467. The Morgan fingerprint density at radius 1 is 0.968 bits per heavy atom. The van der Waals surface area contributed by atoms with Crippen LogP contribution in [-0.2, 0) is 22.5 Å². The molecule has 0 saturated carbocycles. The highest BCUT2D eigenvalue weighted by atomic mass is 16.6. The minimum Gasteiger partial charge on any atom is -0.444 e. The smallest absolute Gasteiger partial charge is 0.411 e. The maximum Gasteiger partial charge on any atom is 0.411 e. The molecule has 166 valence electrons. The van der Waals surface area contributed by atoms with E-state index in [4.69, 9.17) is 9.47 Å². The molecule has 0 atom stereocenters. The van der Waals surface area contributed by atoms with Crippen molar-refractivity contribution >= 4 is 17.9 Å². The van der Waals surface area contributed by atoms with Crippen molar-refractivity contribution in [3.05, 3.63) is 65.7 Å². The van der Waals surface area contributed by atoms with Crippen molar-refractivity contribution in [2.45, 2.75) is 52.2 Å². The van der Waals surface area contributed by atoms with Gasteiger partial charge in [0.1, 0.15) is 12.2 Å². The first-order chi connectivity index (χ1) is 14.8. The lowest BCUT2D eigenvalue weighted by Gasteiger charge is -2.33. The van der Waals surface area contributed by atoms with E-state index in [0.717, 1.165) is 37.9 Å². The zero-order chi connectivity index (χ0) is 22.3. The molecule has 0 aliphatic carbocycles. The molecule has 1 N–H and O–H groups in total. The molecule has 2 amide bonds. The second kappa shape index (κ2) is 10.3. The van der Waals surface area contributed by atoms with Crippen molar-refractivity contribution in [3.63, 3.8) is 0 Å². The van der Waals surface area contributed by atoms with E-state index >= 15 is 0 Å². The molecule has 1 heterocycles. The fourth-order valence-electron chi connectivity index (χ4n) is 3.58. The van der Waals surface area contributed by atoms with E-state index in [1.807, 2.05) is 75.4 Å². The maximum absolute atomic E-state index is 12.2. The van der Waals surface area contributed by atoms with Crippen LogP contribution in [0.15, 0.2) is 54.6 Å². The first-order valence-corrected chi connectivity index (χ1v) is 10.8. The Hall–Kier alpha value is -3.02. The lowest BCUT2D eigenvalue weighted by molar-refractivity contribution is 0.0184. The predicted octanol–water partition coefficient (Wildman–Crippen LogP) is 5.62. The van der Waals surface area contributed by atoms with Crippen LogP contribution in [0.4, 0.5) is 15.3 Å². The third-order valence-corrected chi connectivity index (χ3v) is 5.20. The third-order valence-electron chi connectivity index (χ3n) is 5.20. The van der Waals surface area contributed by atoms with Crippen LogP contribution >= 0.6 is 0 Å². The van der Waals surface area contributed by atoms with Gasteiger partial charge < -0.3 is 14.4 Å². The average molecular weight is 425 g/mol. The summed E-state index contributed by atoms with van der Waals surface area (Å²) in [7, 11) is 0. The summed E-state index contributed by atoms with van der Waals surface area (Å²) < 4.78 is 10.7. The lowest BCUT2D eigenvalue weighted by Crippen LogP contribution is -2.42. The number of benzene rings is 2. The van der Waals surface area contributed by atoms with Gasteiger partial charge in [0, 0.05) is 18.8 Å². The van der Waals surface area contributed by atoms with Gasteiger partial charge in [0.2, 0.25) is 0 Å². The molecule has 1 fully saturated rings. The zero-order valence-electron chi connectivity index (χ0n) is 18.6. The number of hydrogen-bond acceptors (Lipinski definition) is 4. The fraction of sp³-hybridized carbons (Fsp3) is 0.440. The molecular weight excluding hydrogens is 392 g/mol. The van der Waals surface area contributed by atoms with E-state index in [-0.39, 0.29) is 12.7 Å². The van der Waals surface area contributed by atoms with Gasteiger partial charge in [0.25, 0.3) is 0 Å². The second-order valence-corrected chi connectivity index (χ2v) is 9.00. The number of anilines is 1. The molecule has 3 rings (SSSR count). The van der Waals surface area contributed by atoms with Gasteiger partial charge in [0.05, 0.1) is 0 Å². The van der Waals surface area contributed by atoms with Crippen LogP contribution in [0, 0.1) is 5.92 Å². The normalized spacial score (nSPS) is 14.7. The number of amides is 2. The van der Waals surface area contributed by atoms with Crippen LogP contribution in [0.3, 0.4) is 0 Å². The number of hydrogen-bond donors (Lipinski definition) is 1. The molecule has 6 heteroatoms. The van der Waals surface area contributed by atoms with E-state index in [1.165, 1.54) is 5.56 Å². The van der Waals surface area contributed by atoms with Crippen LogP contribution in [0.5, 0.6) is 0 Å². The Kier molecular flexibility index (Phi) is 7.55. The highest BCUT2D eigenvalue weighted by Gasteiger charge is 2.26. The summed E-state index contributed by atoms with van der Waals surface area (Å²) in [6.07, 6.45) is 2.20. The van der Waals surface area contributed by atoms with Crippen LogP contribution in [0.2, 0.25) is 0 Å². The molecule has 1 aliphatic rings. The Bertz CT molecular complexity index is 851.